The third-order valence-electron chi connectivity index (χ3n) is 9.35. The fraction of sp³-hybridized carbons (Fsp3) is 0.920. The van der Waals surface area contributed by atoms with E-state index in [9.17, 15) is 10.2 Å². The van der Waals surface area contributed by atoms with Crippen molar-refractivity contribution in [2.45, 2.75) is 97.2 Å². The second-order valence-corrected chi connectivity index (χ2v) is 12.1. The Morgan fingerprint density at radius 2 is 1.82 bits per heavy atom. The van der Waals surface area contributed by atoms with Gasteiger partial charge in [-0.25, -0.2) is 0 Å². The van der Waals surface area contributed by atoms with Crippen molar-refractivity contribution < 1.29 is 14.9 Å². The molecule has 0 aromatic carbocycles. The lowest BCUT2D eigenvalue weighted by atomic mass is 9.47. The SMILES string of the molecule is CC(C)(O)COC[C@H]1CC[C@H]2[C@@H]3CC=C4C[C@@](C)(O)CC[C@]4(C)[C@H]3CCC12C. The van der Waals surface area contributed by atoms with E-state index in [2.05, 4.69) is 19.9 Å². The average molecular weight is 391 g/mol. The van der Waals surface area contributed by atoms with Crippen LogP contribution in [0.5, 0.6) is 0 Å². The Bertz CT molecular complexity index is 630. The minimum Gasteiger partial charge on any atom is -0.390 e. The van der Waals surface area contributed by atoms with Gasteiger partial charge in [0, 0.05) is 0 Å². The molecular weight excluding hydrogens is 348 g/mol. The molecule has 2 N–H and O–H groups in total. The van der Waals surface area contributed by atoms with Crippen molar-refractivity contribution in [3.63, 3.8) is 0 Å². The molecular formula is C25H42O3. The molecule has 4 rings (SSSR count). The second kappa shape index (κ2) is 6.82. The summed E-state index contributed by atoms with van der Waals surface area (Å²) in [6.45, 7) is 11.9. The first-order valence-electron chi connectivity index (χ1n) is 11.7. The molecule has 3 saturated carbocycles. The Morgan fingerprint density at radius 3 is 2.54 bits per heavy atom. The van der Waals surface area contributed by atoms with Gasteiger partial charge in [0.05, 0.1) is 24.4 Å². The molecule has 0 aliphatic heterocycles. The molecule has 3 nitrogen and oxygen atoms in total. The summed E-state index contributed by atoms with van der Waals surface area (Å²) in [5.41, 5.74) is 1.01. The maximum Gasteiger partial charge on any atom is 0.0824 e. The molecule has 160 valence electrons. The standard InChI is InChI=1S/C25H42O3/c1-22(2,26)16-28-15-18-7-9-20-19-8-6-17-14-23(3,27)12-13-25(17,5)21(19)10-11-24(18,20)4/h6,18-21,26-27H,7-16H2,1-5H3/t18-,19+,20+,21+,23+,24?,25+/m1/s1. The molecule has 3 heteroatoms. The molecule has 28 heavy (non-hydrogen) atoms. The fourth-order valence-electron chi connectivity index (χ4n) is 7.64. The van der Waals surface area contributed by atoms with Crippen molar-refractivity contribution in [1.29, 1.82) is 0 Å². The molecule has 7 atom stereocenters. The molecule has 0 bridgehead atoms. The van der Waals surface area contributed by atoms with E-state index in [1.165, 1.54) is 32.1 Å². The molecule has 0 saturated heterocycles. The van der Waals surface area contributed by atoms with Crippen molar-refractivity contribution in [2.75, 3.05) is 13.2 Å². The number of aliphatic hydroxyl groups is 2. The second-order valence-electron chi connectivity index (χ2n) is 12.1. The summed E-state index contributed by atoms with van der Waals surface area (Å²) >= 11 is 0. The molecule has 0 aromatic heterocycles. The van der Waals surface area contributed by atoms with Gasteiger partial charge in [0.1, 0.15) is 0 Å². The van der Waals surface area contributed by atoms with E-state index in [0.29, 0.717) is 23.4 Å². The van der Waals surface area contributed by atoms with Crippen LogP contribution in [0.25, 0.3) is 0 Å². The van der Waals surface area contributed by atoms with Gasteiger partial charge in [-0.1, -0.05) is 25.5 Å². The first kappa shape index (κ1) is 20.9. The molecule has 0 heterocycles. The van der Waals surface area contributed by atoms with Gasteiger partial charge in [0.15, 0.2) is 0 Å². The van der Waals surface area contributed by atoms with E-state index in [1.807, 2.05) is 20.8 Å². The minimum atomic E-state index is -0.738. The van der Waals surface area contributed by atoms with E-state index >= 15 is 0 Å². The lowest BCUT2D eigenvalue weighted by Crippen LogP contribution is -2.52. The Hall–Kier alpha value is -0.380. The summed E-state index contributed by atoms with van der Waals surface area (Å²) < 4.78 is 5.97. The van der Waals surface area contributed by atoms with Gasteiger partial charge in [0.2, 0.25) is 0 Å². The zero-order valence-electron chi connectivity index (χ0n) is 18.8. The number of rotatable bonds is 4. The van der Waals surface area contributed by atoms with Crippen LogP contribution in [0.2, 0.25) is 0 Å². The number of hydrogen-bond acceptors (Lipinski definition) is 3. The smallest absolute Gasteiger partial charge is 0.0824 e. The molecule has 3 fully saturated rings. The Kier molecular flexibility index (Phi) is 5.08. The van der Waals surface area contributed by atoms with Crippen LogP contribution in [0.3, 0.4) is 0 Å². The quantitative estimate of drug-likeness (QED) is 0.656. The predicted molar refractivity (Wildman–Crippen MR) is 113 cm³/mol. The van der Waals surface area contributed by atoms with Crippen molar-refractivity contribution in [1.82, 2.24) is 0 Å². The van der Waals surface area contributed by atoms with Crippen LogP contribution in [-0.4, -0.2) is 34.6 Å². The first-order valence-corrected chi connectivity index (χ1v) is 11.7. The van der Waals surface area contributed by atoms with Crippen molar-refractivity contribution >= 4 is 0 Å². The summed E-state index contributed by atoms with van der Waals surface area (Å²) in [4.78, 5) is 0. The van der Waals surface area contributed by atoms with Crippen LogP contribution in [0, 0.1) is 34.5 Å². The Balaban J connectivity index is 1.49. The maximum absolute atomic E-state index is 10.6. The predicted octanol–water partition coefficient (Wildman–Crippen LogP) is 5.10. The summed E-state index contributed by atoms with van der Waals surface area (Å²) in [7, 11) is 0. The molecule has 0 radical (unpaired) electrons. The van der Waals surface area contributed by atoms with Gasteiger partial charge in [-0.15, -0.1) is 0 Å². The Morgan fingerprint density at radius 1 is 1.07 bits per heavy atom. The highest BCUT2D eigenvalue weighted by Crippen LogP contribution is 2.66. The van der Waals surface area contributed by atoms with Crippen LogP contribution >= 0.6 is 0 Å². The van der Waals surface area contributed by atoms with E-state index in [-0.39, 0.29) is 0 Å². The zero-order valence-corrected chi connectivity index (χ0v) is 18.8. The van der Waals surface area contributed by atoms with Gasteiger partial charge >= 0.3 is 0 Å². The number of allylic oxidation sites excluding steroid dienone is 1. The number of fused-ring (bicyclic) bond motifs is 5. The molecule has 0 spiro atoms. The largest absolute Gasteiger partial charge is 0.390 e. The third-order valence-corrected chi connectivity index (χ3v) is 9.35. The monoisotopic (exact) mass is 390 g/mol. The average Bonchev–Trinajstić information content (AvgIpc) is 2.91. The van der Waals surface area contributed by atoms with Crippen LogP contribution in [-0.2, 0) is 4.74 Å². The van der Waals surface area contributed by atoms with Crippen molar-refractivity contribution in [2.24, 2.45) is 34.5 Å². The first-order chi connectivity index (χ1) is 12.9. The normalized spacial score (nSPS) is 48.5. The zero-order chi connectivity index (χ0) is 20.4. The van der Waals surface area contributed by atoms with E-state index < -0.39 is 11.2 Å². The summed E-state index contributed by atoms with van der Waals surface area (Å²) in [6.07, 6.45) is 12.0. The van der Waals surface area contributed by atoms with E-state index in [1.54, 1.807) is 5.57 Å². The molecule has 0 amide bonds. The summed E-state index contributed by atoms with van der Waals surface area (Å²) in [5, 5.41) is 20.6. The summed E-state index contributed by atoms with van der Waals surface area (Å²) in [5.74, 6) is 3.03. The van der Waals surface area contributed by atoms with Gasteiger partial charge in [-0.05, 0) is 107 Å². The number of ether oxygens (including phenoxy) is 1. The topological polar surface area (TPSA) is 49.7 Å². The summed E-state index contributed by atoms with van der Waals surface area (Å²) in [6, 6.07) is 0. The van der Waals surface area contributed by atoms with Crippen molar-refractivity contribution in [3.8, 4) is 0 Å². The highest BCUT2D eigenvalue weighted by molar-refractivity contribution is 5.26. The van der Waals surface area contributed by atoms with Gasteiger partial charge in [-0.2, -0.15) is 0 Å². The highest BCUT2D eigenvalue weighted by atomic mass is 16.5. The third kappa shape index (κ3) is 3.50. The molecule has 1 unspecified atom stereocenters. The Labute approximate surface area is 171 Å². The van der Waals surface area contributed by atoms with Crippen LogP contribution in [0.4, 0.5) is 0 Å². The lowest BCUT2D eigenvalue weighted by Gasteiger charge is -2.59. The van der Waals surface area contributed by atoms with E-state index in [0.717, 1.165) is 43.6 Å². The van der Waals surface area contributed by atoms with Gasteiger partial charge in [0.25, 0.3) is 0 Å². The van der Waals surface area contributed by atoms with E-state index in [4.69, 9.17) is 4.74 Å². The minimum absolute atomic E-state index is 0.308. The van der Waals surface area contributed by atoms with Crippen molar-refractivity contribution in [3.05, 3.63) is 11.6 Å². The van der Waals surface area contributed by atoms with Crippen LogP contribution in [0.1, 0.15) is 86.0 Å². The fourth-order valence-corrected chi connectivity index (χ4v) is 7.64. The van der Waals surface area contributed by atoms with Gasteiger partial charge < -0.3 is 14.9 Å². The number of hydrogen-bond donors (Lipinski definition) is 2. The van der Waals surface area contributed by atoms with Gasteiger partial charge in [-0.3, -0.25) is 0 Å². The molecule has 4 aliphatic carbocycles. The van der Waals surface area contributed by atoms with Crippen LogP contribution < -0.4 is 0 Å². The lowest BCUT2D eigenvalue weighted by molar-refractivity contribution is -0.0831. The maximum atomic E-state index is 10.6. The van der Waals surface area contributed by atoms with Crippen LogP contribution in [0.15, 0.2) is 11.6 Å². The molecule has 4 aliphatic rings. The molecule has 0 aromatic rings. The highest BCUT2D eigenvalue weighted by Gasteiger charge is 2.59.